The van der Waals surface area contributed by atoms with Crippen LogP contribution in [0, 0.1) is 0 Å². The summed E-state index contributed by atoms with van der Waals surface area (Å²) in [6, 6.07) is -0.629. The van der Waals surface area contributed by atoms with Crippen LogP contribution in [0.1, 0.15) is 444 Å². The van der Waals surface area contributed by atoms with Crippen LogP contribution in [0.15, 0.2) is 36.5 Å². The maximum atomic E-state index is 12.5. The van der Waals surface area contributed by atoms with Gasteiger partial charge in [-0.15, -0.1) is 0 Å². The molecule has 0 spiro atoms. The highest BCUT2D eigenvalue weighted by Crippen LogP contribution is 2.20. The second kappa shape index (κ2) is 76.5. The molecule has 514 valence electrons. The van der Waals surface area contributed by atoms with Gasteiger partial charge >= 0.3 is 5.97 Å². The van der Waals surface area contributed by atoms with E-state index in [-0.39, 0.29) is 18.5 Å². The lowest BCUT2D eigenvalue weighted by molar-refractivity contribution is -0.143. The second-order valence-corrected chi connectivity index (χ2v) is 27.4. The first kappa shape index (κ1) is 85.1. The zero-order valence-electron chi connectivity index (χ0n) is 59.0. The fourth-order valence-corrected chi connectivity index (χ4v) is 12.6. The number of carbonyl (C=O) groups is 2. The highest BCUT2D eigenvalue weighted by molar-refractivity contribution is 5.76. The van der Waals surface area contributed by atoms with Gasteiger partial charge in [0.1, 0.15) is 0 Å². The third-order valence-corrected chi connectivity index (χ3v) is 18.7. The van der Waals surface area contributed by atoms with Crippen molar-refractivity contribution in [2.24, 2.45) is 0 Å². The molecular weight excluding hydrogens is 1070 g/mol. The van der Waals surface area contributed by atoms with Crippen molar-refractivity contribution in [1.29, 1.82) is 0 Å². The molecule has 0 radical (unpaired) electrons. The first-order valence-corrected chi connectivity index (χ1v) is 39.8. The van der Waals surface area contributed by atoms with Crippen LogP contribution in [0.2, 0.25) is 0 Å². The van der Waals surface area contributed by atoms with E-state index in [0.29, 0.717) is 19.4 Å². The van der Waals surface area contributed by atoms with Gasteiger partial charge in [0, 0.05) is 12.8 Å². The van der Waals surface area contributed by atoms with Crippen molar-refractivity contribution in [2.45, 2.75) is 456 Å². The summed E-state index contributed by atoms with van der Waals surface area (Å²) in [7, 11) is 0. The Labute approximate surface area is 544 Å². The molecule has 0 aromatic carbocycles. The van der Waals surface area contributed by atoms with E-state index < -0.39 is 12.1 Å². The maximum Gasteiger partial charge on any atom is 0.305 e. The summed E-state index contributed by atoms with van der Waals surface area (Å²) in [5, 5.41) is 23.3. The molecule has 87 heavy (non-hydrogen) atoms. The Balaban J connectivity index is 3.40. The lowest BCUT2D eigenvalue weighted by Crippen LogP contribution is -2.45. The van der Waals surface area contributed by atoms with Gasteiger partial charge in [0.2, 0.25) is 5.91 Å². The fourth-order valence-electron chi connectivity index (χ4n) is 12.6. The topological polar surface area (TPSA) is 95.9 Å². The quantitative estimate of drug-likeness (QED) is 0.0320. The van der Waals surface area contributed by atoms with Crippen molar-refractivity contribution in [1.82, 2.24) is 5.32 Å². The van der Waals surface area contributed by atoms with Crippen LogP contribution in [-0.2, 0) is 14.3 Å². The number of rotatable bonds is 75. The van der Waals surface area contributed by atoms with Gasteiger partial charge in [-0.25, -0.2) is 0 Å². The number of hydrogen-bond donors (Lipinski definition) is 3. The van der Waals surface area contributed by atoms with Crippen LogP contribution in [0.4, 0.5) is 0 Å². The smallest absolute Gasteiger partial charge is 0.305 e. The molecule has 0 aliphatic carbocycles. The summed E-state index contributed by atoms with van der Waals surface area (Å²) < 4.78 is 5.51. The van der Waals surface area contributed by atoms with Crippen LogP contribution < -0.4 is 5.32 Å². The largest absolute Gasteiger partial charge is 0.466 e. The highest BCUT2D eigenvalue weighted by Gasteiger charge is 2.18. The van der Waals surface area contributed by atoms with Gasteiger partial charge in [0.15, 0.2) is 0 Å². The number of aliphatic hydroxyl groups is 2. The number of carbonyl (C=O) groups excluding carboxylic acids is 2. The Morgan fingerprint density at radius 3 is 0.874 bits per heavy atom. The number of ether oxygens (including phenoxy) is 1. The predicted octanol–water partition coefficient (Wildman–Crippen LogP) is 26.2. The van der Waals surface area contributed by atoms with Crippen molar-refractivity contribution in [3.05, 3.63) is 36.5 Å². The number of esters is 1. The molecular formula is C81H155NO5. The summed E-state index contributed by atoms with van der Waals surface area (Å²) >= 11 is 0. The normalized spacial score (nSPS) is 12.6. The Bertz CT molecular complexity index is 1410. The summed E-state index contributed by atoms with van der Waals surface area (Å²) in [4.78, 5) is 24.7. The molecule has 0 aromatic heterocycles. The molecule has 0 rings (SSSR count). The molecule has 0 saturated carbocycles. The van der Waals surface area contributed by atoms with Gasteiger partial charge in [-0.1, -0.05) is 403 Å². The van der Waals surface area contributed by atoms with E-state index in [4.69, 9.17) is 4.74 Å². The molecule has 6 heteroatoms. The number of unbranched alkanes of at least 4 members (excludes halogenated alkanes) is 60. The molecule has 0 aromatic rings. The lowest BCUT2D eigenvalue weighted by atomic mass is 10.0. The number of nitrogens with one attached hydrogen (secondary N) is 1. The Morgan fingerprint density at radius 2 is 0.575 bits per heavy atom. The van der Waals surface area contributed by atoms with Crippen molar-refractivity contribution < 1.29 is 24.5 Å². The van der Waals surface area contributed by atoms with Gasteiger partial charge < -0.3 is 20.3 Å². The molecule has 2 atom stereocenters. The Morgan fingerprint density at radius 1 is 0.322 bits per heavy atom. The van der Waals surface area contributed by atoms with E-state index in [9.17, 15) is 19.8 Å². The number of aliphatic hydroxyl groups excluding tert-OH is 2. The van der Waals surface area contributed by atoms with E-state index in [1.54, 1.807) is 6.08 Å². The number of hydrogen-bond acceptors (Lipinski definition) is 5. The van der Waals surface area contributed by atoms with Crippen LogP contribution in [0.3, 0.4) is 0 Å². The minimum atomic E-state index is -0.846. The zero-order valence-corrected chi connectivity index (χ0v) is 59.0. The van der Waals surface area contributed by atoms with Gasteiger partial charge in [-0.2, -0.15) is 0 Å². The van der Waals surface area contributed by atoms with E-state index in [1.807, 2.05) is 6.08 Å². The molecule has 0 aliphatic rings. The maximum absolute atomic E-state index is 12.5. The molecule has 1 amide bonds. The summed E-state index contributed by atoms with van der Waals surface area (Å²) in [6.45, 7) is 4.95. The molecule has 0 heterocycles. The van der Waals surface area contributed by atoms with Gasteiger partial charge in [-0.3, -0.25) is 9.59 Å². The summed E-state index contributed by atoms with van der Waals surface area (Å²) in [5.41, 5.74) is 0. The molecule has 2 unspecified atom stereocenters. The van der Waals surface area contributed by atoms with E-state index in [0.717, 1.165) is 44.9 Å². The molecule has 3 N–H and O–H groups in total. The van der Waals surface area contributed by atoms with Crippen LogP contribution in [0.25, 0.3) is 0 Å². The van der Waals surface area contributed by atoms with Gasteiger partial charge in [0.05, 0.1) is 25.4 Å². The standard InChI is InChI=1S/C81H155NO5/c1-3-5-7-9-11-13-15-17-19-21-23-35-38-41-45-49-53-57-61-65-69-73-79(84)78(77-83)82-80(85)74-70-66-62-58-54-50-46-42-39-36-33-31-29-27-25-24-26-28-30-32-34-37-40-44-48-52-56-60-64-68-72-76-87-81(86)75-71-67-63-59-55-51-47-43-22-20-18-16-14-12-10-8-6-4-2/h26,28,32,34,69,73,78-79,83-84H,3-25,27,29-31,33,35-68,70-72,74-77H2,1-2H3,(H,82,85)/b28-26-,34-32-,73-69+. The first-order chi connectivity index (χ1) is 43.0. The van der Waals surface area contributed by atoms with Gasteiger partial charge in [-0.05, 0) is 64.2 Å². The minimum absolute atomic E-state index is 0.0181. The van der Waals surface area contributed by atoms with Crippen molar-refractivity contribution >= 4 is 11.9 Å². The number of amides is 1. The third-order valence-electron chi connectivity index (χ3n) is 18.7. The number of allylic oxidation sites excluding steroid dienone is 5. The Hall–Kier alpha value is -1.92. The van der Waals surface area contributed by atoms with Crippen molar-refractivity contribution in [3.8, 4) is 0 Å². The monoisotopic (exact) mass is 1220 g/mol. The van der Waals surface area contributed by atoms with Crippen LogP contribution in [-0.4, -0.2) is 47.4 Å². The van der Waals surface area contributed by atoms with Crippen molar-refractivity contribution in [2.75, 3.05) is 13.2 Å². The highest BCUT2D eigenvalue weighted by atomic mass is 16.5. The predicted molar refractivity (Wildman–Crippen MR) is 384 cm³/mol. The molecule has 0 saturated heterocycles. The minimum Gasteiger partial charge on any atom is -0.466 e. The van der Waals surface area contributed by atoms with E-state index >= 15 is 0 Å². The third kappa shape index (κ3) is 73.0. The van der Waals surface area contributed by atoms with Crippen LogP contribution >= 0.6 is 0 Å². The molecule has 0 bridgehead atoms. The van der Waals surface area contributed by atoms with E-state index in [1.165, 1.54) is 372 Å². The average molecular weight is 1220 g/mol. The zero-order chi connectivity index (χ0) is 62.8. The first-order valence-electron chi connectivity index (χ1n) is 39.8. The van der Waals surface area contributed by atoms with Crippen LogP contribution in [0.5, 0.6) is 0 Å². The van der Waals surface area contributed by atoms with Gasteiger partial charge in [0.25, 0.3) is 0 Å². The van der Waals surface area contributed by atoms with E-state index in [2.05, 4.69) is 43.5 Å². The lowest BCUT2D eigenvalue weighted by Gasteiger charge is -2.20. The van der Waals surface area contributed by atoms with Crippen molar-refractivity contribution in [3.63, 3.8) is 0 Å². The summed E-state index contributed by atoms with van der Waals surface area (Å²) in [6.07, 6.45) is 99.8. The SMILES string of the molecule is CCCCCCCCCCCCCCCCCCCCC/C=C/C(O)C(CO)NC(=O)CCCCCCCCCCCCCCCCC/C=C\C/C=C\CCCCCCCCCCCOC(=O)CCCCCCCCCCCCCCCCCCCC. The average Bonchev–Trinajstić information content (AvgIpc) is 3.53. The second-order valence-electron chi connectivity index (χ2n) is 27.4. The Kier molecular flexibility index (Phi) is 74.8. The summed E-state index contributed by atoms with van der Waals surface area (Å²) in [5.74, 6) is -0.0449. The fraction of sp³-hybridized carbons (Fsp3) is 0.901. The molecule has 0 fully saturated rings. The molecule has 6 nitrogen and oxygen atoms in total. The molecule has 0 aliphatic heterocycles.